The number of aliphatic carboxylic acids is 1. The fourth-order valence-electron chi connectivity index (χ4n) is 2.01. The average Bonchev–Trinajstić information content (AvgIpc) is 2.70. The second-order valence-corrected chi connectivity index (χ2v) is 4.59. The number of aromatic nitrogens is 2. The second kappa shape index (κ2) is 7.09. The lowest BCUT2D eigenvalue weighted by atomic mass is 9.99. The van der Waals surface area contributed by atoms with Crippen LogP contribution in [0.2, 0.25) is 0 Å². The Kier molecular flexibility index (Phi) is 5.73. The highest BCUT2D eigenvalue weighted by Crippen LogP contribution is 2.14. The van der Waals surface area contributed by atoms with Crippen LogP contribution in [-0.4, -0.2) is 15.6 Å². The predicted octanol–water partition coefficient (Wildman–Crippen LogP) is 2.08. The van der Waals surface area contributed by atoms with E-state index in [1.165, 1.54) is 25.7 Å². The summed E-state index contributed by atoms with van der Waals surface area (Å²) in [4.78, 5) is 10.6. The Morgan fingerprint density at radius 1 is 1.47 bits per heavy atom. The summed E-state index contributed by atoms with van der Waals surface area (Å²) in [6.07, 6.45) is 10.6. The Bertz CT molecular complexity index is 347. The van der Waals surface area contributed by atoms with Gasteiger partial charge in [-0.25, -0.2) is 13.9 Å². The third-order valence-corrected chi connectivity index (χ3v) is 3.08. The van der Waals surface area contributed by atoms with Crippen LogP contribution >= 0.6 is 0 Å². The van der Waals surface area contributed by atoms with Gasteiger partial charge in [0.25, 0.3) is 0 Å². The molecule has 1 N–H and O–H groups in total. The zero-order valence-corrected chi connectivity index (χ0v) is 10.8. The molecular formula is C13H23N2O2+. The van der Waals surface area contributed by atoms with Crippen molar-refractivity contribution in [3.8, 4) is 0 Å². The van der Waals surface area contributed by atoms with Crippen LogP contribution in [-0.2, 0) is 17.9 Å². The first kappa shape index (κ1) is 13.7. The van der Waals surface area contributed by atoms with Crippen molar-refractivity contribution in [2.75, 3.05) is 0 Å². The molecule has 1 heterocycles. The van der Waals surface area contributed by atoms with Gasteiger partial charge in [0, 0.05) is 0 Å². The summed E-state index contributed by atoms with van der Waals surface area (Å²) in [6, 6.07) is 0. The van der Waals surface area contributed by atoms with Crippen molar-refractivity contribution in [3.05, 3.63) is 18.7 Å². The standard InChI is InChI=1S/C13H22N2O2/c1-3-5-6-12(4-2)9-14-7-8-15(11-14)10-13(16)17/h7-8,11-12H,3-6,9-10H2,1-2H3/p+1. The van der Waals surface area contributed by atoms with Gasteiger partial charge >= 0.3 is 5.97 Å². The molecule has 0 aliphatic rings. The highest BCUT2D eigenvalue weighted by Gasteiger charge is 2.12. The van der Waals surface area contributed by atoms with Gasteiger partial charge in [0.1, 0.15) is 12.4 Å². The maximum atomic E-state index is 10.6. The van der Waals surface area contributed by atoms with E-state index in [1.54, 1.807) is 4.57 Å². The molecule has 0 spiro atoms. The molecule has 0 fully saturated rings. The van der Waals surface area contributed by atoms with Gasteiger partial charge < -0.3 is 5.11 Å². The van der Waals surface area contributed by atoms with Crippen molar-refractivity contribution in [1.29, 1.82) is 0 Å². The molecule has 1 rings (SSSR count). The summed E-state index contributed by atoms with van der Waals surface area (Å²) in [5.74, 6) is -0.105. The van der Waals surface area contributed by atoms with Crippen molar-refractivity contribution in [1.82, 2.24) is 4.57 Å². The van der Waals surface area contributed by atoms with E-state index in [0.717, 1.165) is 6.54 Å². The van der Waals surface area contributed by atoms with E-state index in [2.05, 4.69) is 18.4 Å². The van der Waals surface area contributed by atoms with Crippen LogP contribution in [0.4, 0.5) is 0 Å². The van der Waals surface area contributed by atoms with Crippen LogP contribution in [0.15, 0.2) is 18.7 Å². The summed E-state index contributed by atoms with van der Waals surface area (Å²) in [5, 5.41) is 8.69. The molecule has 0 aliphatic carbocycles. The van der Waals surface area contributed by atoms with E-state index in [9.17, 15) is 4.79 Å². The number of carboxylic acid groups (broad SMARTS) is 1. The van der Waals surface area contributed by atoms with Gasteiger partial charge in [0.15, 0.2) is 6.54 Å². The number of hydrogen-bond donors (Lipinski definition) is 1. The molecule has 0 saturated carbocycles. The molecule has 1 aromatic rings. The molecule has 0 bridgehead atoms. The van der Waals surface area contributed by atoms with Crippen molar-refractivity contribution in [2.24, 2.45) is 5.92 Å². The number of nitrogens with zero attached hydrogens (tertiary/aromatic N) is 2. The highest BCUT2D eigenvalue weighted by molar-refractivity contribution is 5.64. The summed E-state index contributed by atoms with van der Waals surface area (Å²) < 4.78 is 3.79. The molecule has 1 aromatic heterocycles. The van der Waals surface area contributed by atoms with E-state index in [-0.39, 0.29) is 6.54 Å². The van der Waals surface area contributed by atoms with E-state index in [4.69, 9.17) is 5.11 Å². The molecule has 1 unspecified atom stereocenters. The van der Waals surface area contributed by atoms with Crippen LogP contribution in [0.5, 0.6) is 0 Å². The van der Waals surface area contributed by atoms with Crippen LogP contribution in [0.1, 0.15) is 39.5 Å². The summed E-state index contributed by atoms with van der Waals surface area (Å²) in [5.41, 5.74) is 0. The molecule has 0 radical (unpaired) electrons. The van der Waals surface area contributed by atoms with E-state index >= 15 is 0 Å². The Balaban J connectivity index is 2.48. The first-order valence-electron chi connectivity index (χ1n) is 6.42. The Labute approximate surface area is 103 Å². The van der Waals surface area contributed by atoms with Crippen molar-refractivity contribution in [3.63, 3.8) is 0 Å². The Morgan fingerprint density at radius 3 is 2.82 bits per heavy atom. The normalized spacial score (nSPS) is 12.6. The Hall–Kier alpha value is -1.32. The van der Waals surface area contributed by atoms with Gasteiger partial charge in [-0.2, -0.15) is 0 Å². The van der Waals surface area contributed by atoms with Gasteiger partial charge in [0.2, 0.25) is 6.33 Å². The largest absolute Gasteiger partial charge is 0.478 e. The Morgan fingerprint density at radius 2 is 2.24 bits per heavy atom. The van der Waals surface area contributed by atoms with Crippen LogP contribution in [0.3, 0.4) is 0 Å². The number of carbonyl (C=O) groups is 1. The van der Waals surface area contributed by atoms with Gasteiger partial charge in [-0.15, -0.1) is 0 Å². The van der Waals surface area contributed by atoms with Crippen LogP contribution < -0.4 is 4.57 Å². The van der Waals surface area contributed by atoms with Gasteiger partial charge in [-0.05, 0) is 18.8 Å². The molecule has 96 valence electrons. The van der Waals surface area contributed by atoms with Gasteiger partial charge in [-0.3, -0.25) is 0 Å². The molecule has 4 nitrogen and oxygen atoms in total. The molecule has 0 saturated heterocycles. The quantitative estimate of drug-likeness (QED) is 0.706. The first-order valence-corrected chi connectivity index (χ1v) is 6.42. The fraction of sp³-hybridized carbons (Fsp3) is 0.692. The average molecular weight is 239 g/mol. The van der Waals surface area contributed by atoms with E-state index < -0.39 is 5.97 Å². The zero-order valence-electron chi connectivity index (χ0n) is 10.8. The first-order chi connectivity index (χ1) is 8.15. The van der Waals surface area contributed by atoms with Crippen molar-refractivity contribution >= 4 is 5.97 Å². The molecule has 0 aliphatic heterocycles. The maximum absolute atomic E-state index is 10.6. The molecule has 1 atom stereocenters. The monoisotopic (exact) mass is 239 g/mol. The van der Waals surface area contributed by atoms with Crippen molar-refractivity contribution < 1.29 is 14.5 Å². The van der Waals surface area contributed by atoms with Crippen molar-refractivity contribution in [2.45, 2.75) is 52.6 Å². The number of imidazole rings is 1. The fourth-order valence-corrected chi connectivity index (χ4v) is 2.01. The number of hydrogen-bond acceptors (Lipinski definition) is 1. The minimum absolute atomic E-state index is 0.0404. The minimum Gasteiger partial charge on any atom is -0.478 e. The number of rotatable bonds is 8. The predicted molar refractivity (Wildman–Crippen MR) is 65.6 cm³/mol. The van der Waals surface area contributed by atoms with Gasteiger partial charge in [-0.1, -0.05) is 26.7 Å². The molecule has 0 amide bonds. The maximum Gasteiger partial charge on any atom is 0.346 e. The molecule has 0 aromatic carbocycles. The third kappa shape index (κ3) is 5.02. The third-order valence-electron chi connectivity index (χ3n) is 3.08. The SMILES string of the molecule is CCCCC(CC)Cn1cc[n+](CC(=O)O)c1. The topological polar surface area (TPSA) is 46.1 Å². The number of carboxylic acids is 1. The minimum atomic E-state index is -0.800. The second-order valence-electron chi connectivity index (χ2n) is 4.59. The van der Waals surface area contributed by atoms with Crippen LogP contribution in [0.25, 0.3) is 0 Å². The van der Waals surface area contributed by atoms with Crippen LogP contribution in [0, 0.1) is 5.92 Å². The van der Waals surface area contributed by atoms with E-state index in [0.29, 0.717) is 5.92 Å². The lowest BCUT2D eigenvalue weighted by molar-refractivity contribution is -0.685. The van der Waals surface area contributed by atoms with Gasteiger partial charge in [0.05, 0.1) is 6.54 Å². The zero-order chi connectivity index (χ0) is 12.7. The lowest BCUT2D eigenvalue weighted by Crippen LogP contribution is -2.35. The smallest absolute Gasteiger partial charge is 0.346 e. The molecular weight excluding hydrogens is 216 g/mol. The van der Waals surface area contributed by atoms with E-state index in [1.807, 2.05) is 18.7 Å². The summed E-state index contributed by atoms with van der Waals surface area (Å²) in [7, 11) is 0. The molecule has 4 heteroatoms. The summed E-state index contributed by atoms with van der Waals surface area (Å²) >= 11 is 0. The molecule has 17 heavy (non-hydrogen) atoms. The lowest BCUT2D eigenvalue weighted by Gasteiger charge is -2.11. The highest BCUT2D eigenvalue weighted by atomic mass is 16.4. The number of unbranched alkanes of at least 4 members (excludes halogenated alkanes) is 1. The summed E-state index contributed by atoms with van der Waals surface area (Å²) in [6.45, 7) is 5.46.